The Morgan fingerprint density at radius 3 is 2.89 bits per heavy atom. The van der Waals surface area contributed by atoms with Crippen molar-refractivity contribution < 1.29 is 4.74 Å². The molecule has 1 aromatic rings. The third-order valence-corrected chi connectivity index (χ3v) is 3.52. The van der Waals surface area contributed by atoms with E-state index < -0.39 is 0 Å². The van der Waals surface area contributed by atoms with Crippen LogP contribution in [0.1, 0.15) is 25.3 Å². The topological polar surface area (TPSA) is 37.4 Å². The smallest absolute Gasteiger partial charge is 0.217 e. The molecular weight excluding hydrogens is 226 g/mol. The van der Waals surface area contributed by atoms with Crippen LogP contribution in [0, 0.1) is 0 Å². The fourth-order valence-electron chi connectivity index (χ4n) is 2.55. The molecule has 0 radical (unpaired) electrons. The highest BCUT2D eigenvalue weighted by atomic mass is 16.5. The molecule has 1 aliphatic rings. The van der Waals surface area contributed by atoms with E-state index in [0.717, 1.165) is 32.1 Å². The summed E-state index contributed by atoms with van der Waals surface area (Å²) < 4.78 is 5.30. The molecule has 0 spiro atoms. The van der Waals surface area contributed by atoms with Gasteiger partial charge in [0.05, 0.1) is 7.11 Å². The van der Waals surface area contributed by atoms with Crippen LogP contribution in [0.2, 0.25) is 0 Å². The Balaban J connectivity index is 1.87. The first-order valence-corrected chi connectivity index (χ1v) is 6.77. The largest absolute Gasteiger partial charge is 0.481 e. The van der Waals surface area contributed by atoms with Gasteiger partial charge in [0, 0.05) is 24.3 Å². The van der Waals surface area contributed by atoms with E-state index in [4.69, 9.17) is 4.74 Å². The zero-order chi connectivity index (χ0) is 12.8. The molecule has 1 aliphatic heterocycles. The highest BCUT2D eigenvalue weighted by Gasteiger charge is 2.19. The van der Waals surface area contributed by atoms with Crippen molar-refractivity contribution in [2.45, 2.75) is 32.4 Å². The summed E-state index contributed by atoms with van der Waals surface area (Å²) in [5.41, 5.74) is 1.18. The highest BCUT2D eigenvalue weighted by molar-refractivity contribution is 5.25. The number of hydrogen-bond acceptors (Lipinski definition) is 4. The summed E-state index contributed by atoms with van der Waals surface area (Å²) in [6, 6.07) is 4.77. The predicted octanol–water partition coefficient (Wildman–Crippen LogP) is 1.66. The van der Waals surface area contributed by atoms with Crippen LogP contribution >= 0.6 is 0 Å². The molecule has 4 heteroatoms. The minimum Gasteiger partial charge on any atom is -0.481 e. The van der Waals surface area contributed by atoms with Gasteiger partial charge in [0.25, 0.3) is 0 Å². The monoisotopic (exact) mass is 249 g/mol. The maximum Gasteiger partial charge on any atom is 0.217 e. The van der Waals surface area contributed by atoms with Crippen molar-refractivity contribution in [3.8, 4) is 5.88 Å². The van der Waals surface area contributed by atoms with Crippen LogP contribution < -0.4 is 10.1 Å². The molecule has 18 heavy (non-hydrogen) atoms. The molecule has 2 rings (SSSR count). The second-order valence-corrected chi connectivity index (χ2v) is 4.78. The minimum absolute atomic E-state index is 0.696. The van der Waals surface area contributed by atoms with Crippen LogP contribution in [-0.2, 0) is 6.54 Å². The van der Waals surface area contributed by atoms with E-state index in [1.807, 2.05) is 6.07 Å². The molecule has 0 atom stereocenters. The van der Waals surface area contributed by atoms with Crippen molar-refractivity contribution in [2.24, 2.45) is 0 Å². The number of likely N-dealkylation sites (tertiary alicyclic amines) is 1. The summed E-state index contributed by atoms with van der Waals surface area (Å²) in [5.74, 6) is 0.756. The zero-order valence-corrected chi connectivity index (χ0v) is 11.4. The maximum absolute atomic E-state index is 5.30. The highest BCUT2D eigenvalue weighted by Crippen LogP contribution is 2.19. The summed E-state index contributed by atoms with van der Waals surface area (Å²) in [7, 11) is 1.68. The first-order chi connectivity index (χ1) is 8.83. The Morgan fingerprint density at radius 1 is 1.44 bits per heavy atom. The summed E-state index contributed by atoms with van der Waals surface area (Å²) in [6.45, 7) is 6.48. The number of rotatable bonds is 5. The number of nitrogens with one attached hydrogen (secondary N) is 1. The molecule has 0 amide bonds. The van der Waals surface area contributed by atoms with E-state index in [0.29, 0.717) is 6.04 Å². The van der Waals surface area contributed by atoms with Crippen LogP contribution in [0.5, 0.6) is 5.88 Å². The number of ether oxygens (including phenoxy) is 1. The number of piperidine rings is 1. The third-order valence-electron chi connectivity index (χ3n) is 3.52. The van der Waals surface area contributed by atoms with E-state index in [-0.39, 0.29) is 0 Å². The van der Waals surface area contributed by atoms with E-state index >= 15 is 0 Å². The SMILES string of the molecule is CCNC1CCN(Cc2cccnc2OC)CC1. The fourth-order valence-corrected chi connectivity index (χ4v) is 2.55. The Kier molecular flexibility index (Phi) is 4.96. The lowest BCUT2D eigenvalue weighted by atomic mass is 10.0. The number of hydrogen-bond donors (Lipinski definition) is 1. The van der Waals surface area contributed by atoms with Gasteiger partial charge in [-0.05, 0) is 38.5 Å². The molecule has 4 nitrogen and oxygen atoms in total. The maximum atomic E-state index is 5.30. The molecule has 0 unspecified atom stereocenters. The minimum atomic E-state index is 0.696. The molecule has 1 N–H and O–H groups in total. The van der Waals surface area contributed by atoms with Crippen molar-refractivity contribution >= 4 is 0 Å². The molecule has 0 bridgehead atoms. The van der Waals surface area contributed by atoms with Gasteiger partial charge in [0.2, 0.25) is 5.88 Å². The fraction of sp³-hybridized carbons (Fsp3) is 0.643. The summed E-state index contributed by atoms with van der Waals surface area (Å²) in [4.78, 5) is 6.73. The van der Waals surface area contributed by atoms with Crippen molar-refractivity contribution in [2.75, 3.05) is 26.7 Å². The summed E-state index contributed by atoms with van der Waals surface area (Å²) in [5, 5.41) is 3.53. The second kappa shape index (κ2) is 6.71. The summed E-state index contributed by atoms with van der Waals surface area (Å²) in [6.07, 6.45) is 4.24. The standard InChI is InChI=1S/C14H23N3O/c1-3-15-13-6-9-17(10-7-13)11-12-5-4-8-16-14(12)18-2/h4-5,8,13,15H,3,6-7,9-11H2,1-2H3. The predicted molar refractivity (Wildman–Crippen MR) is 72.8 cm³/mol. The van der Waals surface area contributed by atoms with Gasteiger partial charge < -0.3 is 10.1 Å². The van der Waals surface area contributed by atoms with Crippen LogP contribution in [0.3, 0.4) is 0 Å². The molecule has 1 saturated heterocycles. The van der Waals surface area contributed by atoms with Gasteiger partial charge in [-0.25, -0.2) is 4.98 Å². The average Bonchev–Trinajstić information content (AvgIpc) is 2.42. The molecule has 0 saturated carbocycles. The van der Waals surface area contributed by atoms with Crippen molar-refractivity contribution in [1.29, 1.82) is 0 Å². The van der Waals surface area contributed by atoms with Crippen molar-refractivity contribution in [3.05, 3.63) is 23.9 Å². The average molecular weight is 249 g/mol. The molecule has 0 aromatic carbocycles. The first kappa shape index (κ1) is 13.3. The number of aromatic nitrogens is 1. The Bertz CT molecular complexity index is 362. The lowest BCUT2D eigenvalue weighted by Crippen LogP contribution is -2.42. The van der Waals surface area contributed by atoms with E-state index in [9.17, 15) is 0 Å². The normalized spacial score (nSPS) is 17.9. The van der Waals surface area contributed by atoms with Crippen LogP contribution in [0.15, 0.2) is 18.3 Å². The Morgan fingerprint density at radius 2 is 2.22 bits per heavy atom. The first-order valence-electron chi connectivity index (χ1n) is 6.77. The van der Waals surface area contributed by atoms with Gasteiger partial charge in [0.15, 0.2) is 0 Å². The van der Waals surface area contributed by atoms with E-state index in [1.54, 1.807) is 13.3 Å². The Labute approximate surface area is 109 Å². The Hall–Kier alpha value is -1.13. The van der Waals surface area contributed by atoms with Crippen molar-refractivity contribution in [1.82, 2.24) is 15.2 Å². The van der Waals surface area contributed by atoms with Gasteiger partial charge in [-0.1, -0.05) is 13.0 Å². The van der Waals surface area contributed by atoms with E-state index in [1.165, 1.54) is 18.4 Å². The zero-order valence-electron chi connectivity index (χ0n) is 11.4. The molecule has 1 aromatic heterocycles. The third kappa shape index (κ3) is 3.43. The van der Waals surface area contributed by atoms with Gasteiger partial charge in [-0.2, -0.15) is 0 Å². The van der Waals surface area contributed by atoms with Crippen LogP contribution in [0.4, 0.5) is 0 Å². The van der Waals surface area contributed by atoms with Crippen LogP contribution in [-0.4, -0.2) is 42.7 Å². The van der Waals surface area contributed by atoms with Gasteiger partial charge in [-0.15, -0.1) is 0 Å². The quantitative estimate of drug-likeness (QED) is 0.861. The molecule has 2 heterocycles. The second-order valence-electron chi connectivity index (χ2n) is 4.78. The molecule has 100 valence electrons. The molecular formula is C14H23N3O. The molecule has 1 fully saturated rings. The summed E-state index contributed by atoms with van der Waals surface area (Å²) >= 11 is 0. The number of methoxy groups -OCH3 is 1. The van der Waals surface area contributed by atoms with Gasteiger partial charge >= 0.3 is 0 Å². The molecule has 0 aliphatic carbocycles. The van der Waals surface area contributed by atoms with Crippen molar-refractivity contribution in [3.63, 3.8) is 0 Å². The van der Waals surface area contributed by atoms with Crippen LogP contribution in [0.25, 0.3) is 0 Å². The van der Waals surface area contributed by atoms with E-state index in [2.05, 4.69) is 28.2 Å². The van der Waals surface area contributed by atoms with Gasteiger partial charge in [-0.3, -0.25) is 4.90 Å². The number of nitrogens with zero attached hydrogens (tertiary/aromatic N) is 2. The number of pyridine rings is 1. The lowest BCUT2D eigenvalue weighted by Gasteiger charge is -2.32. The lowest BCUT2D eigenvalue weighted by molar-refractivity contribution is 0.189. The van der Waals surface area contributed by atoms with Gasteiger partial charge in [0.1, 0.15) is 0 Å².